The maximum absolute atomic E-state index is 12.2. The molecule has 0 aliphatic rings. The minimum absolute atomic E-state index is 0.0139. The van der Waals surface area contributed by atoms with E-state index in [1.807, 2.05) is 12.1 Å². The average molecular weight is 368 g/mol. The van der Waals surface area contributed by atoms with Crippen LogP contribution in [0.15, 0.2) is 54.6 Å². The molecule has 6 heteroatoms. The van der Waals surface area contributed by atoms with Gasteiger partial charge in [-0.15, -0.1) is 0 Å². The zero-order valence-electron chi connectivity index (χ0n) is 15.7. The van der Waals surface area contributed by atoms with Gasteiger partial charge in [-0.3, -0.25) is 14.4 Å². The summed E-state index contributed by atoms with van der Waals surface area (Å²) in [5, 5.41) is 2.49. The predicted molar refractivity (Wildman–Crippen MR) is 102 cm³/mol. The van der Waals surface area contributed by atoms with E-state index in [4.69, 9.17) is 10.5 Å². The maximum Gasteiger partial charge on any atom is 0.326 e. The number of rotatable bonds is 6. The lowest BCUT2D eigenvalue weighted by molar-refractivity contribution is -0.154. The first kappa shape index (κ1) is 20.2. The Morgan fingerprint density at radius 2 is 1.59 bits per heavy atom. The highest BCUT2D eigenvalue weighted by Gasteiger charge is 2.22. The second-order valence-electron chi connectivity index (χ2n) is 7.19. The number of carbonyl (C=O) groups is 3. The molecule has 2 aromatic carbocycles. The fraction of sp³-hybridized carbons (Fsp3) is 0.286. The number of hydrogen-bond donors (Lipinski definition) is 2. The molecule has 0 bridgehead atoms. The molecule has 27 heavy (non-hydrogen) atoms. The van der Waals surface area contributed by atoms with Crippen LogP contribution in [0.4, 0.5) is 0 Å². The van der Waals surface area contributed by atoms with Crippen LogP contribution in [0.1, 0.15) is 48.4 Å². The highest BCUT2D eigenvalue weighted by Crippen LogP contribution is 2.22. The van der Waals surface area contributed by atoms with Crippen LogP contribution in [0.25, 0.3) is 0 Å². The molecule has 0 heterocycles. The van der Waals surface area contributed by atoms with Gasteiger partial charge in [0.25, 0.3) is 11.8 Å². The highest BCUT2D eigenvalue weighted by atomic mass is 16.5. The molecule has 0 aromatic heterocycles. The van der Waals surface area contributed by atoms with Crippen molar-refractivity contribution in [3.05, 3.63) is 71.3 Å². The van der Waals surface area contributed by atoms with Crippen LogP contribution in [0.2, 0.25) is 0 Å². The summed E-state index contributed by atoms with van der Waals surface area (Å²) < 4.78 is 5.12. The summed E-state index contributed by atoms with van der Waals surface area (Å²) >= 11 is 0. The number of esters is 1. The van der Waals surface area contributed by atoms with E-state index in [0.717, 1.165) is 5.56 Å². The highest BCUT2D eigenvalue weighted by molar-refractivity contribution is 5.96. The van der Waals surface area contributed by atoms with Gasteiger partial charge in [0.05, 0.1) is 0 Å². The van der Waals surface area contributed by atoms with Crippen molar-refractivity contribution in [3.8, 4) is 0 Å². The van der Waals surface area contributed by atoms with Crippen molar-refractivity contribution in [1.29, 1.82) is 0 Å². The normalized spacial score (nSPS) is 12.1. The molecule has 1 unspecified atom stereocenters. The second kappa shape index (κ2) is 8.49. The first-order valence-corrected chi connectivity index (χ1v) is 8.61. The van der Waals surface area contributed by atoms with Crippen LogP contribution in [0.5, 0.6) is 0 Å². The van der Waals surface area contributed by atoms with Gasteiger partial charge in [-0.25, -0.2) is 0 Å². The lowest BCUT2D eigenvalue weighted by Crippen LogP contribution is -2.34. The van der Waals surface area contributed by atoms with Gasteiger partial charge in [0, 0.05) is 11.1 Å². The third-order valence-electron chi connectivity index (χ3n) is 4.02. The molecule has 2 amide bonds. The van der Waals surface area contributed by atoms with E-state index in [0.29, 0.717) is 11.1 Å². The van der Waals surface area contributed by atoms with Crippen molar-refractivity contribution >= 4 is 17.8 Å². The Hall–Kier alpha value is -3.15. The average Bonchev–Trinajstić information content (AvgIpc) is 2.64. The summed E-state index contributed by atoms with van der Waals surface area (Å²) in [6.07, 6.45) is -1.19. The van der Waals surface area contributed by atoms with Gasteiger partial charge in [-0.2, -0.15) is 0 Å². The number of nitrogens with two attached hydrogens (primary N) is 1. The molecule has 0 saturated heterocycles. The molecule has 0 aliphatic heterocycles. The van der Waals surface area contributed by atoms with E-state index < -0.39 is 23.9 Å². The number of benzene rings is 2. The number of amides is 2. The summed E-state index contributed by atoms with van der Waals surface area (Å²) in [6.45, 7) is 5.89. The molecule has 1 atom stereocenters. The lowest BCUT2D eigenvalue weighted by Gasteiger charge is -2.19. The number of primary amides is 1. The van der Waals surface area contributed by atoms with Gasteiger partial charge >= 0.3 is 5.97 Å². The van der Waals surface area contributed by atoms with E-state index in [2.05, 4.69) is 26.1 Å². The zero-order valence-corrected chi connectivity index (χ0v) is 15.7. The monoisotopic (exact) mass is 368 g/mol. The van der Waals surface area contributed by atoms with Gasteiger partial charge in [-0.1, -0.05) is 63.2 Å². The standard InChI is InChI=1S/C21H24N2O4/c1-21(2,3)16-11-9-15(10-12-16)20(26)23-13-17(24)27-18(19(22)25)14-7-5-4-6-8-14/h4-12,18H,13H2,1-3H3,(H2,22,25)(H,23,26). The zero-order chi connectivity index (χ0) is 20.0. The van der Waals surface area contributed by atoms with Gasteiger partial charge in [0.2, 0.25) is 6.10 Å². The van der Waals surface area contributed by atoms with Gasteiger partial charge in [-0.05, 0) is 23.1 Å². The summed E-state index contributed by atoms with van der Waals surface area (Å²) in [5.74, 6) is -1.93. The molecule has 2 aromatic rings. The summed E-state index contributed by atoms with van der Waals surface area (Å²) in [6, 6.07) is 15.6. The summed E-state index contributed by atoms with van der Waals surface area (Å²) in [4.78, 5) is 35.8. The van der Waals surface area contributed by atoms with Gasteiger partial charge in [0.15, 0.2) is 0 Å². The Kier molecular flexibility index (Phi) is 6.34. The number of ether oxygens (including phenoxy) is 1. The second-order valence-corrected chi connectivity index (χ2v) is 7.19. The Bertz CT molecular complexity index is 808. The largest absolute Gasteiger partial charge is 0.446 e. The van der Waals surface area contributed by atoms with Crippen LogP contribution < -0.4 is 11.1 Å². The lowest BCUT2D eigenvalue weighted by atomic mass is 9.87. The first-order chi connectivity index (χ1) is 12.7. The third-order valence-corrected chi connectivity index (χ3v) is 4.02. The number of carbonyl (C=O) groups excluding carboxylic acids is 3. The van der Waals surface area contributed by atoms with Crippen molar-refractivity contribution in [2.45, 2.75) is 32.3 Å². The van der Waals surface area contributed by atoms with E-state index in [1.54, 1.807) is 42.5 Å². The number of hydrogen-bond acceptors (Lipinski definition) is 4. The van der Waals surface area contributed by atoms with Crippen LogP contribution in [-0.4, -0.2) is 24.3 Å². The van der Waals surface area contributed by atoms with Crippen molar-refractivity contribution in [2.75, 3.05) is 6.54 Å². The molecule has 0 fully saturated rings. The maximum atomic E-state index is 12.2. The van der Waals surface area contributed by atoms with Gasteiger partial charge in [0.1, 0.15) is 6.54 Å². The van der Waals surface area contributed by atoms with E-state index in [-0.39, 0.29) is 12.0 Å². The van der Waals surface area contributed by atoms with Crippen molar-refractivity contribution < 1.29 is 19.1 Å². The smallest absolute Gasteiger partial charge is 0.326 e. The van der Waals surface area contributed by atoms with Crippen LogP contribution in [0.3, 0.4) is 0 Å². The topological polar surface area (TPSA) is 98.5 Å². The first-order valence-electron chi connectivity index (χ1n) is 8.61. The minimum Gasteiger partial charge on any atom is -0.446 e. The van der Waals surface area contributed by atoms with E-state index in [1.165, 1.54) is 0 Å². The third kappa shape index (κ3) is 5.67. The number of nitrogens with one attached hydrogen (secondary N) is 1. The molecular weight excluding hydrogens is 344 g/mol. The Morgan fingerprint density at radius 3 is 2.11 bits per heavy atom. The van der Waals surface area contributed by atoms with Crippen molar-refractivity contribution in [1.82, 2.24) is 5.32 Å². The minimum atomic E-state index is -1.19. The quantitative estimate of drug-likeness (QED) is 0.765. The molecule has 0 spiro atoms. The molecule has 0 aliphatic carbocycles. The summed E-state index contributed by atoms with van der Waals surface area (Å²) in [7, 11) is 0. The Morgan fingerprint density at radius 1 is 1.00 bits per heavy atom. The molecule has 0 saturated carbocycles. The van der Waals surface area contributed by atoms with Crippen LogP contribution in [0, 0.1) is 0 Å². The fourth-order valence-corrected chi connectivity index (χ4v) is 2.47. The molecule has 3 N–H and O–H groups in total. The SMILES string of the molecule is CC(C)(C)c1ccc(C(=O)NCC(=O)OC(C(N)=O)c2ccccc2)cc1. The van der Waals surface area contributed by atoms with E-state index in [9.17, 15) is 14.4 Å². The van der Waals surface area contributed by atoms with Gasteiger partial charge < -0.3 is 15.8 Å². The Labute approximate surface area is 158 Å². The van der Waals surface area contributed by atoms with Crippen LogP contribution >= 0.6 is 0 Å². The van der Waals surface area contributed by atoms with E-state index >= 15 is 0 Å². The van der Waals surface area contributed by atoms with Crippen molar-refractivity contribution in [3.63, 3.8) is 0 Å². The summed E-state index contributed by atoms with van der Waals surface area (Å²) in [5.41, 5.74) is 7.31. The molecule has 142 valence electrons. The van der Waals surface area contributed by atoms with Crippen LogP contribution in [-0.2, 0) is 19.7 Å². The molecular formula is C21H24N2O4. The molecule has 6 nitrogen and oxygen atoms in total. The molecule has 0 radical (unpaired) electrons. The predicted octanol–water partition coefficient (Wildman–Crippen LogP) is 2.48. The van der Waals surface area contributed by atoms with Crippen molar-refractivity contribution in [2.24, 2.45) is 5.73 Å². The fourth-order valence-electron chi connectivity index (χ4n) is 2.47. The molecule has 2 rings (SSSR count). The Balaban J connectivity index is 1.94.